The summed E-state index contributed by atoms with van der Waals surface area (Å²) >= 11 is 0. The molecule has 126 valence electrons. The van der Waals surface area contributed by atoms with Crippen molar-refractivity contribution in [3.63, 3.8) is 0 Å². The van der Waals surface area contributed by atoms with Crippen molar-refractivity contribution in [3.05, 3.63) is 58.1 Å². The van der Waals surface area contributed by atoms with E-state index in [-0.39, 0.29) is 16.2 Å². The third-order valence-corrected chi connectivity index (χ3v) is 4.19. The highest BCUT2D eigenvalue weighted by Gasteiger charge is 2.22. The first kappa shape index (κ1) is 17.4. The molecule has 0 N–H and O–H groups in total. The average molecular weight is 351 g/mol. The van der Waals surface area contributed by atoms with Gasteiger partial charge in [-0.05, 0) is 30.3 Å². The van der Waals surface area contributed by atoms with E-state index >= 15 is 0 Å². The molecule has 2 aromatic rings. The van der Waals surface area contributed by atoms with Gasteiger partial charge in [0.15, 0.2) is 9.84 Å². The van der Waals surface area contributed by atoms with Crippen molar-refractivity contribution >= 4 is 21.5 Å². The van der Waals surface area contributed by atoms with Crippen LogP contribution in [-0.2, 0) is 14.6 Å². The molecule has 0 aromatic heterocycles. The van der Waals surface area contributed by atoms with Crippen LogP contribution in [0.5, 0.6) is 11.5 Å². The van der Waals surface area contributed by atoms with E-state index in [1.54, 1.807) is 0 Å². The van der Waals surface area contributed by atoms with Gasteiger partial charge >= 0.3 is 5.97 Å². The zero-order valence-electron chi connectivity index (χ0n) is 12.8. The van der Waals surface area contributed by atoms with Crippen LogP contribution in [0.1, 0.15) is 10.4 Å². The molecule has 0 heterocycles. The van der Waals surface area contributed by atoms with Gasteiger partial charge in [-0.25, -0.2) is 13.2 Å². The number of carbonyl (C=O) groups excluding carboxylic acids is 1. The number of nitro groups is 1. The van der Waals surface area contributed by atoms with Gasteiger partial charge in [-0.1, -0.05) is 0 Å². The Hall–Kier alpha value is -2.94. The maximum absolute atomic E-state index is 11.6. The Morgan fingerprint density at radius 2 is 1.67 bits per heavy atom. The normalized spacial score (nSPS) is 10.9. The molecule has 0 unspecified atom stereocenters. The number of methoxy groups -OCH3 is 1. The molecule has 9 heteroatoms. The van der Waals surface area contributed by atoms with E-state index in [1.165, 1.54) is 36.4 Å². The fourth-order valence-corrected chi connectivity index (χ4v) is 2.53. The van der Waals surface area contributed by atoms with Gasteiger partial charge in [0.25, 0.3) is 5.69 Å². The summed E-state index contributed by atoms with van der Waals surface area (Å²) in [5, 5.41) is 10.9. The van der Waals surface area contributed by atoms with Crippen molar-refractivity contribution < 1.29 is 27.6 Å². The van der Waals surface area contributed by atoms with Gasteiger partial charge in [0, 0.05) is 18.4 Å². The molecular weight excluding hydrogens is 338 g/mol. The fourth-order valence-electron chi connectivity index (χ4n) is 1.90. The van der Waals surface area contributed by atoms with Crippen LogP contribution in [-0.4, -0.2) is 32.7 Å². The first-order valence-corrected chi connectivity index (χ1v) is 8.46. The number of ether oxygens (including phenoxy) is 2. The lowest BCUT2D eigenvalue weighted by Gasteiger charge is -2.08. The fraction of sp³-hybridized carbons (Fsp3) is 0.133. The highest BCUT2D eigenvalue weighted by atomic mass is 32.2. The molecule has 0 saturated heterocycles. The third kappa shape index (κ3) is 3.87. The van der Waals surface area contributed by atoms with Gasteiger partial charge in [-0.15, -0.1) is 0 Å². The lowest BCUT2D eigenvalue weighted by Crippen LogP contribution is -2.05. The van der Waals surface area contributed by atoms with Crippen molar-refractivity contribution in [2.75, 3.05) is 13.4 Å². The minimum Gasteiger partial charge on any atom is -0.465 e. The number of rotatable bonds is 5. The van der Waals surface area contributed by atoms with Crippen LogP contribution in [0, 0.1) is 10.1 Å². The predicted octanol–water partition coefficient (Wildman–Crippen LogP) is 2.58. The largest absolute Gasteiger partial charge is 0.465 e. The Morgan fingerprint density at radius 1 is 1.08 bits per heavy atom. The van der Waals surface area contributed by atoms with Gasteiger partial charge in [0.05, 0.1) is 16.9 Å². The highest BCUT2D eigenvalue weighted by molar-refractivity contribution is 7.90. The van der Waals surface area contributed by atoms with Crippen LogP contribution in [0.2, 0.25) is 0 Å². The predicted molar refractivity (Wildman–Crippen MR) is 84.1 cm³/mol. The number of benzene rings is 2. The van der Waals surface area contributed by atoms with Crippen LogP contribution < -0.4 is 4.74 Å². The minimum atomic E-state index is -3.32. The molecule has 0 radical (unpaired) electrons. The monoisotopic (exact) mass is 351 g/mol. The molecule has 2 aromatic carbocycles. The quantitative estimate of drug-likeness (QED) is 0.462. The SMILES string of the molecule is COC(=O)c1cc(Oc2ccc(S(C)(=O)=O)cc2)ccc1[N+](=O)[O-]. The number of nitro benzene ring substituents is 1. The molecule has 0 saturated carbocycles. The van der Waals surface area contributed by atoms with Gasteiger partial charge in [0.1, 0.15) is 17.1 Å². The Morgan fingerprint density at radius 3 is 2.17 bits per heavy atom. The van der Waals surface area contributed by atoms with Crippen molar-refractivity contribution in [2.45, 2.75) is 4.90 Å². The van der Waals surface area contributed by atoms with Crippen molar-refractivity contribution in [3.8, 4) is 11.5 Å². The van der Waals surface area contributed by atoms with Gasteiger partial charge in [-0.2, -0.15) is 0 Å². The summed E-state index contributed by atoms with van der Waals surface area (Å²) in [6.45, 7) is 0. The summed E-state index contributed by atoms with van der Waals surface area (Å²) in [7, 11) is -2.21. The molecule has 0 aliphatic carbocycles. The van der Waals surface area contributed by atoms with Gasteiger partial charge in [0.2, 0.25) is 0 Å². The van der Waals surface area contributed by atoms with Crippen LogP contribution >= 0.6 is 0 Å². The van der Waals surface area contributed by atoms with Crippen LogP contribution in [0.25, 0.3) is 0 Å². The summed E-state index contributed by atoms with van der Waals surface area (Å²) < 4.78 is 32.8. The number of nitrogens with zero attached hydrogens (tertiary/aromatic N) is 1. The molecule has 0 bridgehead atoms. The number of sulfone groups is 1. The Kier molecular flexibility index (Phi) is 4.84. The van der Waals surface area contributed by atoms with E-state index in [1.807, 2.05) is 0 Å². The minimum absolute atomic E-state index is 0.133. The average Bonchev–Trinajstić information content (AvgIpc) is 2.53. The Labute approximate surface area is 137 Å². The van der Waals surface area contributed by atoms with E-state index in [0.29, 0.717) is 5.75 Å². The maximum atomic E-state index is 11.6. The summed E-state index contributed by atoms with van der Waals surface area (Å²) in [6.07, 6.45) is 1.09. The first-order chi connectivity index (χ1) is 11.2. The molecule has 0 aliphatic rings. The molecule has 0 amide bonds. The standard InChI is InChI=1S/C15H13NO7S/c1-22-15(17)13-9-11(5-8-14(13)16(18)19)23-10-3-6-12(7-4-10)24(2,20)21/h3-9H,1-2H3. The number of hydrogen-bond donors (Lipinski definition) is 0. The summed E-state index contributed by atoms with van der Waals surface area (Å²) in [6, 6.07) is 9.27. The molecule has 2 rings (SSSR count). The second-order valence-corrected chi connectivity index (χ2v) is 6.79. The zero-order valence-corrected chi connectivity index (χ0v) is 13.6. The first-order valence-electron chi connectivity index (χ1n) is 6.57. The molecule has 0 aliphatic heterocycles. The molecule has 0 fully saturated rings. The Balaban J connectivity index is 2.33. The van der Waals surface area contributed by atoms with Crippen molar-refractivity contribution in [1.29, 1.82) is 0 Å². The third-order valence-electron chi connectivity index (χ3n) is 3.06. The van der Waals surface area contributed by atoms with E-state index in [0.717, 1.165) is 19.4 Å². The topological polar surface area (TPSA) is 113 Å². The van der Waals surface area contributed by atoms with Crippen molar-refractivity contribution in [2.24, 2.45) is 0 Å². The van der Waals surface area contributed by atoms with E-state index < -0.39 is 26.4 Å². The summed E-state index contributed by atoms with van der Waals surface area (Å²) in [4.78, 5) is 22.0. The molecule has 8 nitrogen and oxygen atoms in total. The van der Waals surface area contributed by atoms with E-state index in [2.05, 4.69) is 4.74 Å². The summed E-state index contributed by atoms with van der Waals surface area (Å²) in [5.41, 5.74) is -0.644. The molecule has 0 atom stereocenters. The number of carbonyl (C=O) groups is 1. The second-order valence-electron chi connectivity index (χ2n) is 4.77. The van der Waals surface area contributed by atoms with E-state index in [9.17, 15) is 23.3 Å². The van der Waals surface area contributed by atoms with Gasteiger partial charge in [-0.3, -0.25) is 10.1 Å². The molecule has 24 heavy (non-hydrogen) atoms. The smallest absolute Gasteiger partial charge is 0.345 e. The number of hydrogen-bond acceptors (Lipinski definition) is 7. The van der Waals surface area contributed by atoms with Crippen LogP contribution in [0.3, 0.4) is 0 Å². The zero-order chi connectivity index (χ0) is 17.9. The van der Waals surface area contributed by atoms with Gasteiger partial charge < -0.3 is 9.47 Å². The number of esters is 1. The maximum Gasteiger partial charge on any atom is 0.345 e. The van der Waals surface area contributed by atoms with Crippen LogP contribution in [0.15, 0.2) is 47.4 Å². The Bertz CT molecular complexity index is 889. The van der Waals surface area contributed by atoms with E-state index in [4.69, 9.17) is 4.74 Å². The second kappa shape index (κ2) is 6.67. The lowest BCUT2D eigenvalue weighted by molar-refractivity contribution is -0.385. The molecule has 0 spiro atoms. The lowest BCUT2D eigenvalue weighted by atomic mass is 10.1. The summed E-state index contributed by atoms with van der Waals surface area (Å²) in [5.74, 6) is -0.375. The highest BCUT2D eigenvalue weighted by Crippen LogP contribution is 2.28. The van der Waals surface area contributed by atoms with Crippen molar-refractivity contribution in [1.82, 2.24) is 0 Å². The van der Waals surface area contributed by atoms with Crippen LogP contribution in [0.4, 0.5) is 5.69 Å². The molecular formula is C15H13NO7S.